The second-order valence-electron chi connectivity index (χ2n) is 7.29. The lowest BCUT2D eigenvalue weighted by Crippen LogP contribution is -2.20. The predicted octanol–water partition coefficient (Wildman–Crippen LogP) is 6.67. The van der Waals surface area contributed by atoms with Gasteiger partial charge >= 0.3 is 0 Å². The van der Waals surface area contributed by atoms with Crippen molar-refractivity contribution in [3.63, 3.8) is 0 Å². The van der Waals surface area contributed by atoms with Gasteiger partial charge in [-0.3, -0.25) is 9.59 Å². The van der Waals surface area contributed by atoms with Gasteiger partial charge in [0.15, 0.2) is 23.3 Å². The van der Waals surface area contributed by atoms with Crippen molar-refractivity contribution in [3.05, 3.63) is 85.7 Å². The van der Waals surface area contributed by atoms with Crippen molar-refractivity contribution in [2.45, 2.75) is 0 Å². The highest BCUT2D eigenvalue weighted by molar-refractivity contribution is 9.10. The molecule has 1 aliphatic rings. The minimum atomic E-state index is -0.313. The highest BCUT2D eigenvalue weighted by Gasteiger charge is 2.25. The summed E-state index contributed by atoms with van der Waals surface area (Å²) in [5.41, 5.74) is 1.81. The van der Waals surface area contributed by atoms with Crippen molar-refractivity contribution >= 4 is 85.3 Å². The summed E-state index contributed by atoms with van der Waals surface area (Å²) < 4.78 is 11.7. The lowest BCUT2D eigenvalue weighted by molar-refractivity contribution is -0.118. The first-order valence-electron chi connectivity index (χ1n) is 10.4. The van der Waals surface area contributed by atoms with Gasteiger partial charge in [-0.25, -0.2) is 4.99 Å². The van der Waals surface area contributed by atoms with Crippen LogP contribution >= 0.6 is 50.9 Å². The van der Waals surface area contributed by atoms with E-state index in [9.17, 15) is 9.59 Å². The Hall–Kier alpha value is -2.98. The number of hydrogen-bond acceptors (Lipinski definition) is 6. The van der Waals surface area contributed by atoms with Crippen LogP contribution in [0, 0.1) is 0 Å². The number of para-hydroxylation sites is 1. The number of benzene rings is 3. The van der Waals surface area contributed by atoms with Crippen LogP contribution in [0.25, 0.3) is 6.08 Å². The molecule has 3 aromatic rings. The molecule has 184 valence electrons. The first kappa shape index (κ1) is 26.1. The van der Waals surface area contributed by atoms with E-state index in [1.54, 1.807) is 48.5 Å². The van der Waals surface area contributed by atoms with Crippen LogP contribution < -0.4 is 20.1 Å². The summed E-state index contributed by atoms with van der Waals surface area (Å²) in [5.74, 6) is 0.146. The van der Waals surface area contributed by atoms with E-state index in [0.717, 1.165) is 0 Å². The van der Waals surface area contributed by atoms with Crippen LogP contribution in [0.4, 0.5) is 11.4 Å². The lowest BCUT2D eigenvalue weighted by atomic mass is 10.2. The maximum Gasteiger partial charge on any atom is 0.264 e. The van der Waals surface area contributed by atoms with Crippen LogP contribution in [0.5, 0.6) is 11.5 Å². The van der Waals surface area contributed by atoms with Gasteiger partial charge in [-0.1, -0.05) is 47.5 Å². The molecule has 11 heteroatoms. The summed E-state index contributed by atoms with van der Waals surface area (Å²) in [4.78, 5) is 29.6. The Balaban J connectivity index is 1.49. The number of halogens is 3. The molecule has 1 fully saturated rings. The molecule has 7 nitrogen and oxygen atoms in total. The maximum absolute atomic E-state index is 12.5. The third kappa shape index (κ3) is 6.41. The van der Waals surface area contributed by atoms with Crippen molar-refractivity contribution in [1.82, 2.24) is 5.32 Å². The summed E-state index contributed by atoms with van der Waals surface area (Å²) in [7, 11) is 1.49. The van der Waals surface area contributed by atoms with Crippen molar-refractivity contribution in [3.8, 4) is 11.5 Å². The molecule has 1 heterocycles. The number of aliphatic imine (C=N–C) groups is 1. The highest BCUT2D eigenvalue weighted by Crippen LogP contribution is 2.39. The van der Waals surface area contributed by atoms with Crippen molar-refractivity contribution in [2.24, 2.45) is 4.99 Å². The molecule has 0 aliphatic carbocycles. The zero-order chi connectivity index (χ0) is 25.7. The van der Waals surface area contributed by atoms with Crippen LogP contribution in [0.3, 0.4) is 0 Å². The van der Waals surface area contributed by atoms with E-state index in [4.69, 9.17) is 32.7 Å². The summed E-state index contributed by atoms with van der Waals surface area (Å²) >= 11 is 16.9. The van der Waals surface area contributed by atoms with Gasteiger partial charge in [0, 0.05) is 5.69 Å². The van der Waals surface area contributed by atoms with Gasteiger partial charge in [0.05, 0.1) is 32.2 Å². The zero-order valence-electron chi connectivity index (χ0n) is 18.7. The van der Waals surface area contributed by atoms with Crippen molar-refractivity contribution < 1.29 is 19.1 Å². The molecule has 2 amide bonds. The Morgan fingerprint density at radius 1 is 1.17 bits per heavy atom. The van der Waals surface area contributed by atoms with E-state index in [1.807, 2.05) is 18.2 Å². The number of amides is 2. The zero-order valence-corrected chi connectivity index (χ0v) is 22.6. The van der Waals surface area contributed by atoms with Gasteiger partial charge in [0.25, 0.3) is 11.8 Å². The second-order valence-corrected chi connectivity index (χ2v) is 9.96. The first-order chi connectivity index (χ1) is 17.3. The minimum absolute atomic E-state index is 0.214. The van der Waals surface area contributed by atoms with E-state index >= 15 is 0 Å². The van der Waals surface area contributed by atoms with Gasteiger partial charge in [0.1, 0.15) is 0 Å². The SMILES string of the molecule is COc1cc(/C=C2/SC(=Nc3cccc(Cl)c3Cl)NC2=O)cc(Br)c1OCC(=O)Nc1ccccc1. The van der Waals surface area contributed by atoms with Crippen molar-refractivity contribution in [2.75, 3.05) is 19.0 Å². The molecule has 0 saturated carbocycles. The Morgan fingerprint density at radius 3 is 2.69 bits per heavy atom. The molecular weight excluding hydrogens is 589 g/mol. The van der Waals surface area contributed by atoms with Crippen molar-refractivity contribution in [1.29, 1.82) is 0 Å². The molecule has 0 aromatic heterocycles. The van der Waals surface area contributed by atoms with Gasteiger partial charge < -0.3 is 20.1 Å². The molecule has 0 spiro atoms. The van der Waals surface area contributed by atoms with E-state index in [1.165, 1.54) is 18.9 Å². The van der Waals surface area contributed by atoms with E-state index in [-0.39, 0.29) is 18.4 Å². The smallest absolute Gasteiger partial charge is 0.264 e. The average molecular weight is 607 g/mol. The fourth-order valence-corrected chi connectivity index (χ4v) is 4.89. The second kappa shape index (κ2) is 11.8. The van der Waals surface area contributed by atoms with Crippen LogP contribution in [0.2, 0.25) is 10.0 Å². The Bertz CT molecular complexity index is 1380. The largest absolute Gasteiger partial charge is 0.493 e. The fraction of sp³-hybridized carbons (Fsp3) is 0.0800. The van der Waals surface area contributed by atoms with Gasteiger partial charge in [0.2, 0.25) is 0 Å². The van der Waals surface area contributed by atoms with Gasteiger partial charge in [-0.15, -0.1) is 0 Å². The lowest BCUT2D eigenvalue weighted by Gasteiger charge is -2.13. The molecular formula is C25H18BrCl2N3O4S. The highest BCUT2D eigenvalue weighted by atomic mass is 79.9. The number of nitrogens with zero attached hydrogens (tertiary/aromatic N) is 1. The van der Waals surface area contributed by atoms with Gasteiger partial charge in [-0.2, -0.15) is 0 Å². The Labute approximate surface area is 230 Å². The number of thioether (sulfide) groups is 1. The van der Waals surface area contributed by atoms with E-state index < -0.39 is 0 Å². The van der Waals surface area contributed by atoms with Crippen LogP contribution in [0.15, 0.2) is 75.0 Å². The number of rotatable bonds is 7. The van der Waals surface area contributed by atoms with Crippen LogP contribution in [-0.4, -0.2) is 30.7 Å². The summed E-state index contributed by atoms with van der Waals surface area (Å²) in [6.45, 7) is -0.214. The number of hydrogen-bond donors (Lipinski definition) is 2. The number of amidine groups is 1. The summed E-state index contributed by atoms with van der Waals surface area (Å²) in [6.07, 6.45) is 1.70. The average Bonchev–Trinajstić information content (AvgIpc) is 3.20. The predicted molar refractivity (Wildman–Crippen MR) is 149 cm³/mol. The number of nitrogens with one attached hydrogen (secondary N) is 2. The quantitative estimate of drug-likeness (QED) is 0.293. The molecule has 3 aromatic carbocycles. The standard InChI is InChI=1S/C25H18BrCl2N3O4S/c1-34-19-11-14(10-16(26)23(19)35-13-21(32)29-15-6-3-2-4-7-15)12-20-24(33)31-25(36-20)30-18-9-5-8-17(27)22(18)28/h2-12H,13H2,1H3,(H,29,32)(H,30,31,33)/b20-12+. The molecule has 0 unspecified atom stereocenters. The third-order valence-electron chi connectivity index (χ3n) is 4.76. The third-order valence-corrected chi connectivity index (χ3v) is 7.07. The fourth-order valence-electron chi connectivity index (χ4n) is 3.14. The number of methoxy groups -OCH3 is 1. The monoisotopic (exact) mass is 605 g/mol. The Morgan fingerprint density at radius 2 is 1.94 bits per heavy atom. The Kier molecular flexibility index (Phi) is 8.58. The van der Waals surface area contributed by atoms with E-state index in [0.29, 0.717) is 53.0 Å². The molecule has 0 bridgehead atoms. The molecule has 1 aliphatic heterocycles. The first-order valence-corrected chi connectivity index (χ1v) is 12.8. The number of carbonyl (C=O) groups excluding carboxylic acids is 2. The molecule has 2 N–H and O–H groups in total. The molecule has 1 saturated heterocycles. The minimum Gasteiger partial charge on any atom is -0.493 e. The number of ether oxygens (including phenoxy) is 2. The number of anilines is 1. The summed E-state index contributed by atoms with van der Waals surface area (Å²) in [6, 6.07) is 17.6. The number of carbonyl (C=O) groups is 2. The van der Waals surface area contributed by atoms with Crippen LogP contribution in [0.1, 0.15) is 5.56 Å². The molecule has 4 rings (SSSR count). The molecule has 36 heavy (non-hydrogen) atoms. The van der Waals surface area contributed by atoms with Crippen LogP contribution in [-0.2, 0) is 9.59 Å². The topological polar surface area (TPSA) is 89.0 Å². The molecule has 0 atom stereocenters. The molecule has 0 radical (unpaired) electrons. The normalized spacial score (nSPS) is 15.2. The maximum atomic E-state index is 12.5. The van der Waals surface area contributed by atoms with E-state index in [2.05, 4.69) is 31.6 Å². The summed E-state index contributed by atoms with van der Waals surface area (Å²) in [5, 5.41) is 6.54. The van der Waals surface area contributed by atoms with Gasteiger partial charge in [-0.05, 0) is 75.7 Å².